The highest BCUT2D eigenvalue weighted by molar-refractivity contribution is 5.41. The number of phenolic OH excluding ortho intramolecular Hbond substituents is 1. The lowest BCUT2D eigenvalue weighted by Gasteiger charge is -2.08. The van der Waals surface area contributed by atoms with Gasteiger partial charge < -0.3 is 9.84 Å². The van der Waals surface area contributed by atoms with Gasteiger partial charge in [0, 0.05) is 0 Å². The normalized spacial score (nSPS) is 10.1. The molecule has 0 atom stereocenters. The summed E-state index contributed by atoms with van der Waals surface area (Å²) in [6.45, 7) is 4.83. The standard InChI is InChI=1S/C12H18O2/c1-3-4-5-8-14-12-9-10(2)6-7-11(12)13/h6-7,9,13H,3-5,8H2,1-2H3. The van der Waals surface area contributed by atoms with Gasteiger partial charge in [-0.15, -0.1) is 0 Å². The zero-order valence-corrected chi connectivity index (χ0v) is 8.92. The smallest absolute Gasteiger partial charge is 0.161 e. The molecule has 0 radical (unpaired) electrons. The van der Waals surface area contributed by atoms with Crippen molar-refractivity contribution >= 4 is 0 Å². The molecule has 0 aromatic heterocycles. The Morgan fingerprint density at radius 2 is 2.07 bits per heavy atom. The van der Waals surface area contributed by atoms with Gasteiger partial charge in [0.1, 0.15) is 0 Å². The quantitative estimate of drug-likeness (QED) is 0.729. The van der Waals surface area contributed by atoms with Crippen molar-refractivity contribution in [2.24, 2.45) is 0 Å². The van der Waals surface area contributed by atoms with Crippen molar-refractivity contribution in [2.75, 3.05) is 6.61 Å². The van der Waals surface area contributed by atoms with E-state index in [2.05, 4.69) is 6.92 Å². The molecule has 0 aliphatic rings. The van der Waals surface area contributed by atoms with Gasteiger partial charge in [-0.25, -0.2) is 0 Å². The minimum absolute atomic E-state index is 0.229. The molecule has 0 fully saturated rings. The summed E-state index contributed by atoms with van der Waals surface area (Å²) in [7, 11) is 0. The van der Waals surface area contributed by atoms with Crippen LogP contribution >= 0.6 is 0 Å². The van der Waals surface area contributed by atoms with E-state index in [0.29, 0.717) is 12.4 Å². The second-order valence-electron chi connectivity index (χ2n) is 3.53. The molecular formula is C12H18O2. The maximum absolute atomic E-state index is 9.47. The number of rotatable bonds is 5. The fourth-order valence-corrected chi connectivity index (χ4v) is 1.27. The number of hydrogen-bond donors (Lipinski definition) is 1. The summed E-state index contributed by atoms with van der Waals surface area (Å²) in [4.78, 5) is 0. The zero-order valence-electron chi connectivity index (χ0n) is 8.92. The minimum atomic E-state index is 0.229. The summed E-state index contributed by atoms with van der Waals surface area (Å²) in [5.41, 5.74) is 1.10. The summed E-state index contributed by atoms with van der Waals surface area (Å²) in [6, 6.07) is 5.40. The lowest BCUT2D eigenvalue weighted by atomic mass is 10.2. The highest BCUT2D eigenvalue weighted by Gasteiger charge is 2.01. The molecule has 0 saturated heterocycles. The van der Waals surface area contributed by atoms with E-state index < -0.39 is 0 Å². The van der Waals surface area contributed by atoms with E-state index in [0.717, 1.165) is 12.0 Å². The van der Waals surface area contributed by atoms with Crippen molar-refractivity contribution in [1.82, 2.24) is 0 Å². The van der Waals surface area contributed by atoms with Gasteiger partial charge in [0.15, 0.2) is 11.5 Å². The Bertz CT molecular complexity index is 282. The SMILES string of the molecule is CCCCCOc1cc(C)ccc1O. The van der Waals surface area contributed by atoms with Crippen LogP contribution in [0.2, 0.25) is 0 Å². The van der Waals surface area contributed by atoms with E-state index in [1.807, 2.05) is 19.1 Å². The third-order valence-corrected chi connectivity index (χ3v) is 2.12. The summed E-state index contributed by atoms with van der Waals surface area (Å²) in [5, 5.41) is 9.47. The molecule has 1 rings (SSSR count). The molecule has 0 aliphatic carbocycles. The minimum Gasteiger partial charge on any atom is -0.504 e. The van der Waals surface area contributed by atoms with Gasteiger partial charge >= 0.3 is 0 Å². The van der Waals surface area contributed by atoms with Crippen LogP contribution < -0.4 is 4.74 Å². The number of phenols is 1. The maximum atomic E-state index is 9.47. The Kier molecular flexibility index (Phi) is 4.30. The Hall–Kier alpha value is -1.18. The number of benzene rings is 1. The lowest BCUT2D eigenvalue weighted by molar-refractivity contribution is 0.290. The summed E-state index contributed by atoms with van der Waals surface area (Å²) in [5.74, 6) is 0.827. The molecule has 0 bridgehead atoms. The Morgan fingerprint density at radius 1 is 1.29 bits per heavy atom. The van der Waals surface area contributed by atoms with E-state index in [4.69, 9.17) is 4.74 Å². The fourth-order valence-electron chi connectivity index (χ4n) is 1.27. The average molecular weight is 194 g/mol. The van der Waals surface area contributed by atoms with Crippen molar-refractivity contribution in [3.8, 4) is 11.5 Å². The fraction of sp³-hybridized carbons (Fsp3) is 0.500. The highest BCUT2D eigenvalue weighted by atomic mass is 16.5. The predicted molar refractivity (Wildman–Crippen MR) is 57.9 cm³/mol. The first kappa shape index (κ1) is 10.9. The number of unbranched alkanes of at least 4 members (excludes halogenated alkanes) is 2. The number of aryl methyl sites for hydroxylation is 1. The van der Waals surface area contributed by atoms with Crippen molar-refractivity contribution in [3.05, 3.63) is 23.8 Å². The topological polar surface area (TPSA) is 29.5 Å². The van der Waals surface area contributed by atoms with Gasteiger partial charge in [-0.1, -0.05) is 25.8 Å². The van der Waals surface area contributed by atoms with Crippen molar-refractivity contribution < 1.29 is 9.84 Å². The highest BCUT2D eigenvalue weighted by Crippen LogP contribution is 2.26. The average Bonchev–Trinajstić information content (AvgIpc) is 2.18. The van der Waals surface area contributed by atoms with E-state index in [1.54, 1.807) is 6.07 Å². The Labute approximate surface area is 85.5 Å². The zero-order chi connectivity index (χ0) is 10.4. The molecule has 0 saturated carbocycles. The molecule has 0 heterocycles. The molecule has 2 heteroatoms. The van der Waals surface area contributed by atoms with Crippen molar-refractivity contribution in [2.45, 2.75) is 33.1 Å². The molecule has 0 spiro atoms. The van der Waals surface area contributed by atoms with Crippen LogP contribution in [0.25, 0.3) is 0 Å². The van der Waals surface area contributed by atoms with E-state index >= 15 is 0 Å². The largest absolute Gasteiger partial charge is 0.504 e. The molecule has 14 heavy (non-hydrogen) atoms. The van der Waals surface area contributed by atoms with Crippen LogP contribution in [0.4, 0.5) is 0 Å². The second kappa shape index (κ2) is 5.53. The van der Waals surface area contributed by atoms with Gasteiger partial charge in [0.2, 0.25) is 0 Å². The molecule has 1 aromatic rings. The van der Waals surface area contributed by atoms with Crippen molar-refractivity contribution in [3.63, 3.8) is 0 Å². The molecule has 2 nitrogen and oxygen atoms in total. The van der Waals surface area contributed by atoms with E-state index in [9.17, 15) is 5.11 Å². The van der Waals surface area contributed by atoms with Gasteiger partial charge in [-0.2, -0.15) is 0 Å². The van der Waals surface area contributed by atoms with Crippen LogP contribution in [0.5, 0.6) is 11.5 Å². The molecule has 1 N–H and O–H groups in total. The molecule has 0 unspecified atom stereocenters. The van der Waals surface area contributed by atoms with E-state index in [1.165, 1.54) is 12.8 Å². The maximum Gasteiger partial charge on any atom is 0.161 e. The lowest BCUT2D eigenvalue weighted by Crippen LogP contribution is -1.97. The van der Waals surface area contributed by atoms with Crippen LogP contribution in [-0.4, -0.2) is 11.7 Å². The van der Waals surface area contributed by atoms with Crippen LogP contribution in [0.1, 0.15) is 31.7 Å². The van der Waals surface area contributed by atoms with Gasteiger partial charge in [-0.05, 0) is 31.0 Å². The summed E-state index contributed by atoms with van der Waals surface area (Å²) in [6.07, 6.45) is 3.40. The van der Waals surface area contributed by atoms with Gasteiger partial charge in [0.05, 0.1) is 6.61 Å². The molecule has 0 amide bonds. The van der Waals surface area contributed by atoms with Crippen LogP contribution in [0.3, 0.4) is 0 Å². The summed E-state index contributed by atoms with van der Waals surface area (Å²) < 4.78 is 5.47. The predicted octanol–water partition coefficient (Wildman–Crippen LogP) is 3.27. The first-order valence-electron chi connectivity index (χ1n) is 5.16. The number of ether oxygens (including phenoxy) is 1. The molecule has 0 aliphatic heterocycles. The van der Waals surface area contributed by atoms with Gasteiger partial charge in [-0.3, -0.25) is 0 Å². The van der Waals surface area contributed by atoms with Crippen molar-refractivity contribution in [1.29, 1.82) is 0 Å². The number of hydrogen-bond acceptors (Lipinski definition) is 2. The second-order valence-corrected chi connectivity index (χ2v) is 3.53. The van der Waals surface area contributed by atoms with Gasteiger partial charge in [0.25, 0.3) is 0 Å². The number of aromatic hydroxyl groups is 1. The third-order valence-electron chi connectivity index (χ3n) is 2.12. The summed E-state index contributed by atoms with van der Waals surface area (Å²) >= 11 is 0. The van der Waals surface area contributed by atoms with Crippen LogP contribution in [0.15, 0.2) is 18.2 Å². The van der Waals surface area contributed by atoms with Crippen LogP contribution in [0, 0.1) is 6.92 Å². The van der Waals surface area contributed by atoms with Crippen LogP contribution in [-0.2, 0) is 0 Å². The monoisotopic (exact) mass is 194 g/mol. The Balaban J connectivity index is 2.45. The molecule has 1 aromatic carbocycles. The first-order chi connectivity index (χ1) is 6.74. The molecular weight excluding hydrogens is 176 g/mol. The van der Waals surface area contributed by atoms with E-state index in [-0.39, 0.29) is 5.75 Å². The Morgan fingerprint density at radius 3 is 2.79 bits per heavy atom. The molecule has 78 valence electrons. The first-order valence-corrected chi connectivity index (χ1v) is 5.16. The third kappa shape index (κ3) is 3.29.